The molecule has 5 aromatic rings. The number of anilines is 1. The largest absolute Gasteiger partial charge is 0.457 e. The number of hydrogen-bond donors (Lipinski definition) is 1. The monoisotopic (exact) mass is 393 g/mol. The Bertz CT molecular complexity index is 1280. The lowest BCUT2D eigenvalue weighted by molar-refractivity contribution is 0.483. The Morgan fingerprint density at radius 1 is 0.767 bits per heavy atom. The molecule has 146 valence electrons. The summed E-state index contributed by atoms with van der Waals surface area (Å²) in [5, 5.41) is 5.58. The third-order valence-electron chi connectivity index (χ3n) is 4.84. The molecule has 30 heavy (non-hydrogen) atoms. The van der Waals surface area contributed by atoms with Crippen molar-refractivity contribution in [2.75, 3.05) is 5.73 Å². The second-order valence-electron chi connectivity index (χ2n) is 6.89. The van der Waals surface area contributed by atoms with E-state index in [1.165, 1.54) is 6.33 Å². The van der Waals surface area contributed by atoms with E-state index in [4.69, 9.17) is 15.6 Å². The zero-order chi connectivity index (χ0) is 20.3. The molecule has 0 aliphatic carbocycles. The average Bonchev–Trinajstić information content (AvgIpc) is 3.15. The van der Waals surface area contributed by atoms with Crippen LogP contribution in [0.25, 0.3) is 22.3 Å². The van der Waals surface area contributed by atoms with Gasteiger partial charge in [0.05, 0.1) is 11.9 Å². The quantitative estimate of drug-likeness (QED) is 0.459. The van der Waals surface area contributed by atoms with E-state index in [2.05, 4.69) is 22.1 Å². The second kappa shape index (κ2) is 7.67. The Labute approximate surface area is 173 Å². The molecule has 0 unspecified atom stereocenters. The number of nitrogens with two attached hydrogens (primary N) is 1. The first-order valence-corrected chi connectivity index (χ1v) is 9.62. The highest BCUT2D eigenvalue weighted by Crippen LogP contribution is 2.32. The summed E-state index contributed by atoms with van der Waals surface area (Å²) in [6, 6.07) is 27.6. The molecule has 0 aliphatic rings. The van der Waals surface area contributed by atoms with Crippen molar-refractivity contribution in [1.82, 2.24) is 19.7 Å². The Kier molecular flexibility index (Phi) is 4.57. The summed E-state index contributed by atoms with van der Waals surface area (Å²) in [6.07, 6.45) is 1.47. The molecule has 0 saturated heterocycles. The average molecular weight is 393 g/mol. The molecule has 5 rings (SSSR count). The Hall–Kier alpha value is -4.19. The van der Waals surface area contributed by atoms with Crippen LogP contribution in [-0.4, -0.2) is 19.7 Å². The molecule has 0 amide bonds. The van der Waals surface area contributed by atoms with E-state index in [0.29, 0.717) is 18.0 Å². The maximum Gasteiger partial charge on any atom is 0.164 e. The predicted molar refractivity (Wildman–Crippen MR) is 117 cm³/mol. The zero-order valence-corrected chi connectivity index (χ0v) is 16.1. The molecule has 0 atom stereocenters. The van der Waals surface area contributed by atoms with Gasteiger partial charge < -0.3 is 10.5 Å². The summed E-state index contributed by atoms with van der Waals surface area (Å²) in [5.74, 6) is 1.96. The molecule has 0 saturated carbocycles. The van der Waals surface area contributed by atoms with Crippen molar-refractivity contribution >= 4 is 16.9 Å². The van der Waals surface area contributed by atoms with Gasteiger partial charge >= 0.3 is 0 Å². The van der Waals surface area contributed by atoms with Gasteiger partial charge in [-0.05, 0) is 42.0 Å². The zero-order valence-electron chi connectivity index (χ0n) is 16.1. The van der Waals surface area contributed by atoms with Gasteiger partial charge in [-0.1, -0.05) is 48.5 Å². The Morgan fingerprint density at radius 3 is 2.17 bits per heavy atom. The van der Waals surface area contributed by atoms with Gasteiger partial charge in [-0.3, -0.25) is 0 Å². The molecule has 2 heterocycles. The van der Waals surface area contributed by atoms with E-state index in [0.717, 1.165) is 33.7 Å². The SMILES string of the molecule is Nc1ncnc2c1c(-c1ccc(Oc3ccccc3)cc1)nn2Cc1ccccc1. The highest BCUT2D eigenvalue weighted by atomic mass is 16.5. The van der Waals surface area contributed by atoms with E-state index in [9.17, 15) is 0 Å². The maximum atomic E-state index is 6.20. The van der Waals surface area contributed by atoms with Crippen molar-refractivity contribution in [1.29, 1.82) is 0 Å². The fourth-order valence-electron chi connectivity index (χ4n) is 3.40. The molecule has 0 bridgehead atoms. The molecule has 6 nitrogen and oxygen atoms in total. The molecule has 0 spiro atoms. The predicted octanol–water partition coefficient (Wildman–Crippen LogP) is 4.92. The number of ether oxygens (including phenoxy) is 1. The van der Waals surface area contributed by atoms with Crippen LogP contribution in [0.1, 0.15) is 5.56 Å². The molecule has 2 aromatic heterocycles. The van der Waals surface area contributed by atoms with Crippen LogP contribution in [0.2, 0.25) is 0 Å². The third kappa shape index (κ3) is 3.46. The van der Waals surface area contributed by atoms with Gasteiger partial charge in [-0.25, -0.2) is 14.6 Å². The van der Waals surface area contributed by atoms with Crippen LogP contribution in [0.15, 0.2) is 91.3 Å². The number of hydrogen-bond acceptors (Lipinski definition) is 5. The van der Waals surface area contributed by atoms with Crippen LogP contribution >= 0.6 is 0 Å². The lowest BCUT2D eigenvalue weighted by atomic mass is 10.1. The lowest BCUT2D eigenvalue weighted by Crippen LogP contribution is -2.03. The number of rotatable bonds is 5. The van der Waals surface area contributed by atoms with E-state index in [-0.39, 0.29) is 0 Å². The van der Waals surface area contributed by atoms with Crippen molar-refractivity contribution < 1.29 is 4.74 Å². The van der Waals surface area contributed by atoms with E-state index in [1.807, 2.05) is 77.5 Å². The Balaban J connectivity index is 1.52. The normalized spacial score (nSPS) is 10.9. The van der Waals surface area contributed by atoms with Gasteiger partial charge in [0.25, 0.3) is 0 Å². The minimum absolute atomic E-state index is 0.416. The summed E-state index contributed by atoms with van der Waals surface area (Å²) in [4.78, 5) is 8.62. The molecule has 2 N–H and O–H groups in total. The minimum atomic E-state index is 0.416. The van der Waals surface area contributed by atoms with Crippen LogP contribution in [0.3, 0.4) is 0 Å². The number of para-hydroxylation sites is 1. The standard InChI is InChI=1S/C24H19N5O/c25-23-21-22(18-11-13-20(14-12-18)30-19-9-5-2-6-10-19)28-29(24(21)27-16-26-23)15-17-7-3-1-4-8-17/h1-14,16H,15H2,(H2,25,26,27). The van der Waals surface area contributed by atoms with Crippen molar-refractivity contribution in [2.45, 2.75) is 6.54 Å². The van der Waals surface area contributed by atoms with Crippen LogP contribution in [-0.2, 0) is 6.54 Å². The van der Waals surface area contributed by atoms with Crippen molar-refractivity contribution in [3.05, 3.63) is 96.8 Å². The third-order valence-corrected chi connectivity index (χ3v) is 4.84. The van der Waals surface area contributed by atoms with E-state index >= 15 is 0 Å². The number of aromatic nitrogens is 4. The fourth-order valence-corrected chi connectivity index (χ4v) is 3.40. The number of nitrogen functional groups attached to an aromatic ring is 1. The van der Waals surface area contributed by atoms with Gasteiger partial charge in [-0.2, -0.15) is 5.10 Å². The molecule has 6 heteroatoms. The highest BCUT2D eigenvalue weighted by molar-refractivity contribution is 5.98. The van der Waals surface area contributed by atoms with Gasteiger partial charge in [0, 0.05) is 5.56 Å². The first-order valence-electron chi connectivity index (χ1n) is 9.62. The van der Waals surface area contributed by atoms with Gasteiger partial charge in [0.2, 0.25) is 0 Å². The summed E-state index contributed by atoms with van der Waals surface area (Å²) in [7, 11) is 0. The van der Waals surface area contributed by atoms with Gasteiger partial charge in [0.15, 0.2) is 5.65 Å². The fraction of sp³-hybridized carbons (Fsp3) is 0.0417. The van der Waals surface area contributed by atoms with Crippen LogP contribution < -0.4 is 10.5 Å². The number of nitrogens with zero attached hydrogens (tertiary/aromatic N) is 4. The van der Waals surface area contributed by atoms with E-state index < -0.39 is 0 Å². The lowest BCUT2D eigenvalue weighted by Gasteiger charge is -2.06. The summed E-state index contributed by atoms with van der Waals surface area (Å²) in [5.41, 5.74) is 9.73. The van der Waals surface area contributed by atoms with E-state index in [1.54, 1.807) is 0 Å². The summed E-state index contributed by atoms with van der Waals surface area (Å²) >= 11 is 0. The van der Waals surface area contributed by atoms with Crippen molar-refractivity contribution in [3.8, 4) is 22.8 Å². The van der Waals surface area contributed by atoms with Crippen LogP contribution in [0.4, 0.5) is 5.82 Å². The number of benzene rings is 3. The van der Waals surface area contributed by atoms with Crippen molar-refractivity contribution in [3.63, 3.8) is 0 Å². The molecular formula is C24H19N5O. The Morgan fingerprint density at radius 2 is 1.43 bits per heavy atom. The van der Waals surface area contributed by atoms with Crippen molar-refractivity contribution in [2.24, 2.45) is 0 Å². The number of fused-ring (bicyclic) bond motifs is 1. The molecule has 3 aromatic carbocycles. The van der Waals surface area contributed by atoms with Gasteiger partial charge in [-0.15, -0.1) is 0 Å². The second-order valence-corrected chi connectivity index (χ2v) is 6.89. The topological polar surface area (TPSA) is 78.8 Å². The first-order chi connectivity index (χ1) is 14.8. The first kappa shape index (κ1) is 17.9. The maximum absolute atomic E-state index is 6.20. The molecule has 0 fully saturated rings. The molecule has 0 radical (unpaired) electrons. The smallest absolute Gasteiger partial charge is 0.164 e. The molecule has 0 aliphatic heterocycles. The minimum Gasteiger partial charge on any atom is -0.457 e. The van der Waals surface area contributed by atoms with Crippen LogP contribution in [0, 0.1) is 0 Å². The van der Waals surface area contributed by atoms with Crippen LogP contribution in [0.5, 0.6) is 11.5 Å². The highest BCUT2D eigenvalue weighted by Gasteiger charge is 2.17. The summed E-state index contributed by atoms with van der Waals surface area (Å²) in [6.45, 7) is 0.600. The molecular weight excluding hydrogens is 374 g/mol. The van der Waals surface area contributed by atoms with Gasteiger partial charge in [0.1, 0.15) is 29.3 Å². The summed E-state index contributed by atoms with van der Waals surface area (Å²) < 4.78 is 7.76.